The number of rotatable bonds is 3. The van der Waals surface area contributed by atoms with Crippen LogP contribution in [0.2, 0.25) is 5.02 Å². The van der Waals surface area contributed by atoms with Crippen LogP contribution in [0.5, 0.6) is 0 Å². The van der Waals surface area contributed by atoms with Gasteiger partial charge in [-0.1, -0.05) is 32.4 Å². The predicted octanol–water partition coefficient (Wildman–Crippen LogP) is 4.03. The van der Waals surface area contributed by atoms with Gasteiger partial charge in [0.05, 0.1) is 16.3 Å². The first-order valence-electron chi connectivity index (χ1n) is 6.44. The van der Waals surface area contributed by atoms with Crippen molar-refractivity contribution in [1.29, 1.82) is 0 Å². The van der Waals surface area contributed by atoms with Crippen LogP contribution in [-0.4, -0.2) is 11.0 Å². The molecule has 2 rings (SSSR count). The molecule has 21 heavy (non-hydrogen) atoms. The Morgan fingerprint density at radius 2 is 2.14 bits per heavy atom. The van der Waals surface area contributed by atoms with Crippen molar-refractivity contribution in [3.63, 3.8) is 0 Å². The largest absolute Gasteiger partial charge is 0.455 e. The van der Waals surface area contributed by atoms with Gasteiger partial charge in [-0.2, -0.15) is 0 Å². The number of hydrogen-bond acceptors (Lipinski definition) is 5. The summed E-state index contributed by atoms with van der Waals surface area (Å²) in [6.07, 6.45) is 0. The van der Waals surface area contributed by atoms with E-state index in [1.54, 1.807) is 12.1 Å². The Morgan fingerprint density at radius 3 is 2.71 bits per heavy atom. The number of carbonyl (C=O) groups is 1. The molecule has 0 atom stereocenters. The van der Waals surface area contributed by atoms with Gasteiger partial charge in [0, 0.05) is 16.5 Å². The molecule has 0 unspecified atom stereocenters. The molecule has 1 heterocycles. The molecule has 2 N–H and O–H groups in total. The molecule has 1 aromatic carbocycles. The lowest BCUT2D eigenvalue weighted by Crippen LogP contribution is -2.12. The van der Waals surface area contributed by atoms with Gasteiger partial charge < -0.3 is 10.5 Å². The highest BCUT2D eigenvalue weighted by Gasteiger charge is 2.18. The molecule has 0 fully saturated rings. The van der Waals surface area contributed by atoms with Gasteiger partial charge in [-0.3, -0.25) is 0 Å². The number of hydrogen-bond donors (Lipinski definition) is 1. The molecular weight excluding hydrogens is 308 g/mol. The Kier molecular flexibility index (Phi) is 4.54. The molecule has 0 aliphatic carbocycles. The summed E-state index contributed by atoms with van der Waals surface area (Å²) in [5.41, 5.74) is 7.38. The number of carbonyl (C=O) groups excluding carboxylic acids is 1. The van der Waals surface area contributed by atoms with Crippen LogP contribution >= 0.6 is 22.9 Å². The summed E-state index contributed by atoms with van der Waals surface area (Å²) in [4.78, 5) is 16.5. The number of nitrogen functional groups attached to an aromatic ring is 1. The Balaban J connectivity index is 2.03. The molecule has 4 nitrogen and oxygen atoms in total. The number of ether oxygens (including phenoxy) is 1. The van der Waals surface area contributed by atoms with E-state index in [4.69, 9.17) is 22.1 Å². The zero-order chi connectivity index (χ0) is 15.6. The first-order chi connectivity index (χ1) is 9.77. The highest BCUT2D eigenvalue weighted by Crippen LogP contribution is 2.25. The van der Waals surface area contributed by atoms with E-state index in [0.717, 1.165) is 10.7 Å². The fraction of sp³-hybridized carbons (Fsp3) is 0.333. The third-order valence-electron chi connectivity index (χ3n) is 2.86. The van der Waals surface area contributed by atoms with Gasteiger partial charge in [-0.15, -0.1) is 11.3 Å². The first kappa shape index (κ1) is 15.8. The maximum absolute atomic E-state index is 12.0. The summed E-state index contributed by atoms with van der Waals surface area (Å²) in [7, 11) is 0. The monoisotopic (exact) mass is 324 g/mol. The Bertz CT molecular complexity index is 662. The van der Waals surface area contributed by atoms with E-state index >= 15 is 0 Å². The van der Waals surface area contributed by atoms with Crippen LogP contribution in [0.15, 0.2) is 23.6 Å². The van der Waals surface area contributed by atoms with Crippen molar-refractivity contribution in [1.82, 2.24) is 4.98 Å². The maximum atomic E-state index is 12.0. The van der Waals surface area contributed by atoms with Crippen molar-refractivity contribution in [2.75, 3.05) is 5.73 Å². The summed E-state index contributed by atoms with van der Waals surface area (Å²) in [5.74, 6) is -0.479. The van der Waals surface area contributed by atoms with Crippen molar-refractivity contribution < 1.29 is 9.53 Å². The predicted molar refractivity (Wildman–Crippen MR) is 85.8 cm³/mol. The molecule has 0 radical (unpaired) electrons. The van der Waals surface area contributed by atoms with E-state index < -0.39 is 5.97 Å². The van der Waals surface area contributed by atoms with Gasteiger partial charge in [-0.05, 0) is 18.2 Å². The van der Waals surface area contributed by atoms with E-state index in [2.05, 4.69) is 25.8 Å². The molecule has 6 heteroatoms. The number of thiazole rings is 1. The average molecular weight is 325 g/mol. The fourth-order valence-corrected chi connectivity index (χ4v) is 2.82. The molecule has 112 valence electrons. The number of aromatic nitrogens is 1. The first-order valence-corrected chi connectivity index (χ1v) is 7.70. The second-order valence-corrected chi connectivity index (χ2v) is 7.04. The minimum Gasteiger partial charge on any atom is -0.455 e. The molecule has 0 amide bonds. The molecular formula is C15H17ClN2O2S. The van der Waals surface area contributed by atoms with Crippen molar-refractivity contribution in [3.8, 4) is 0 Å². The Labute approximate surface area is 132 Å². The summed E-state index contributed by atoms with van der Waals surface area (Å²) < 4.78 is 5.24. The van der Waals surface area contributed by atoms with Gasteiger partial charge in [0.1, 0.15) is 11.6 Å². The highest BCUT2D eigenvalue weighted by atomic mass is 35.5. The van der Waals surface area contributed by atoms with Crippen LogP contribution in [0.4, 0.5) is 5.69 Å². The Morgan fingerprint density at radius 1 is 1.43 bits per heavy atom. The summed E-state index contributed by atoms with van der Waals surface area (Å²) >= 11 is 7.46. The topological polar surface area (TPSA) is 65.2 Å². The lowest BCUT2D eigenvalue weighted by molar-refractivity contribution is 0.0472. The summed E-state index contributed by atoms with van der Waals surface area (Å²) in [6, 6.07) is 4.70. The molecule has 0 aliphatic rings. The SMILES string of the molecule is CC(C)(C)c1csc(COC(=O)c2ccc(N)cc2Cl)n1. The van der Waals surface area contributed by atoms with Gasteiger partial charge in [0.25, 0.3) is 0 Å². The van der Waals surface area contributed by atoms with Gasteiger partial charge in [0.15, 0.2) is 0 Å². The molecule has 2 aromatic rings. The van der Waals surface area contributed by atoms with Crippen LogP contribution in [0, 0.1) is 0 Å². The van der Waals surface area contributed by atoms with E-state index in [0.29, 0.717) is 11.3 Å². The van der Waals surface area contributed by atoms with Gasteiger partial charge in [-0.25, -0.2) is 9.78 Å². The van der Waals surface area contributed by atoms with Crippen LogP contribution in [0.1, 0.15) is 41.8 Å². The fourth-order valence-electron chi connectivity index (χ4n) is 1.62. The van der Waals surface area contributed by atoms with Crippen LogP contribution < -0.4 is 5.73 Å². The zero-order valence-corrected chi connectivity index (χ0v) is 13.7. The third-order valence-corrected chi connectivity index (χ3v) is 3.99. The van der Waals surface area contributed by atoms with Crippen molar-refractivity contribution in [3.05, 3.63) is 44.9 Å². The van der Waals surface area contributed by atoms with Gasteiger partial charge >= 0.3 is 5.97 Å². The number of anilines is 1. The quantitative estimate of drug-likeness (QED) is 0.683. The molecule has 0 saturated carbocycles. The van der Waals surface area contributed by atoms with E-state index in [9.17, 15) is 4.79 Å². The maximum Gasteiger partial charge on any atom is 0.340 e. The second kappa shape index (κ2) is 6.03. The average Bonchev–Trinajstić information content (AvgIpc) is 2.84. The van der Waals surface area contributed by atoms with Crippen molar-refractivity contribution in [2.24, 2.45) is 0 Å². The Hall–Kier alpha value is -1.59. The third kappa shape index (κ3) is 3.95. The number of benzene rings is 1. The normalized spacial score (nSPS) is 11.4. The van der Waals surface area contributed by atoms with Crippen molar-refractivity contribution in [2.45, 2.75) is 32.8 Å². The molecule has 0 spiro atoms. The van der Waals surface area contributed by atoms with Crippen LogP contribution in [0.25, 0.3) is 0 Å². The van der Waals surface area contributed by atoms with E-state index in [1.165, 1.54) is 17.4 Å². The molecule has 0 bridgehead atoms. The summed E-state index contributed by atoms with van der Waals surface area (Å²) in [5, 5.41) is 3.04. The molecule has 1 aromatic heterocycles. The minimum atomic E-state index is -0.479. The van der Waals surface area contributed by atoms with Gasteiger partial charge in [0.2, 0.25) is 0 Å². The summed E-state index contributed by atoms with van der Waals surface area (Å²) in [6.45, 7) is 6.41. The lowest BCUT2D eigenvalue weighted by Gasteiger charge is -2.14. The molecule has 0 aliphatic heterocycles. The number of nitrogens with two attached hydrogens (primary N) is 1. The minimum absolute atomic E-state index is 0.0149. The standard InChI is InChI=1S/C15H17ClN2O2S/c1-15(2,3)12-8-21-13(18-12)7-20-14(19)10-5-4-9(17)6-11(10)16/h4-6,8H,7,17H2,1-3H3. The van der Waals surface area contributed by atoms with E-state index in [-0.39, 0.29) is 17.0 Å². The second-order valence-electron chi connectivity index (χ2n) is 5.69. The highest BCUT2D eigenvalue weighted by molar-refractivity contribution is 7.09. The zero-order valence-electron chi connectivity index (χ0n) is 12.1. The number of esters is 1. The van der Waals surface area contributed by atoms with E-state index in [1.807, 2.05) is 5.38 Å². The van der Waals surface area contributed by atoms with Crippen LogP contribution in [0.3, 0.4) is 0 Å². The van der Waals surface area contributed by atoms with Crippen LogP contribution in [-0.2, 0) is 16.8 Å². The molecule has 0 saturated heterocycles. The smallest absolute Gasteiger partial charge is 0.340 e. The lowest BCUT2D eigenvalue weighted by atomic mass is 9.93. The van der Waals surface area contributed by atoms with Crippen molar-refractivity contribution >= 4 is 34.6 Å². The number of halogens is 1. The number of nitrogens with zero attached hydrogens (tertiary/aromatic N) is 1.